The smallest absolute Gasteiger partial charge is 0.123 e. The predicted octanol–water partition coefficient (Wildman–Crippen LogP) is 1.86. The number of aryl methyl sites for hydroxylation is 1. The van der Waals surface area contributed by atoms with Crippen LogP contribution in [0.15, 0.2) is 30.7 Å². The Balaban J connectivity index is 2.17. The molecule has 0 fully saturated rings. The SMILES string of the molecule is CCCn1ccnc1Cc1ccnc(N)c1. The van der Waals surface area contributed by atoms with Crippen molar-refractivity contribution in [2.45, 2.75) is 26.3 Å². The highest BCUT2D eigenvalue weighted by Gasteiger charge is 2.03. The number of hydrogen-bond acceptors (Lipinski definition) is 3. The summed E-state index contributed by atoms with van der Waals surface area (Å²) in [7, 11) is 0. The third-order valence-corrected chi connectivity index (χ3v) is 2.47. The van der Waals surface area contributed by atoms with E-state index in [0.29, 0.717) is 5.82 Å². The summed E-state index contributed by atoms with van der Waals surface area (Å²) in [5.74, 6) is 1.64. The van der Waals surface area contributed by atoms with Crippen LogP contribution in [-0.2, 0) is 13.0 Å². The number of pyridine rings is 1. The molecule has 0 amide bonds. The second-order valence-electron chi connectivity index (χ2n) is 3.80. The molecule has 0 bridgehead atoms. The molecule has 0 aromatic carbocycles. The fraction of sp³-hybridized carbons (Fsp3) is 0.333. The van der Waals surface area contributed by atoms with E-state index in [1.165, 1.54) is 0 Å². The van der Waals surface area contributed by atoms with Crippen molar-refractivity contribution in [1.29, 1.82) is 0 Å². The Kier molecular flexibility index (Phi) is 3.19. The zero-order valence-corrected chi connectivity index (χ0v) is 9.43. The number of imidazole rings is 1. The highest BCUT2D eigenvalue weighted by Crippen LogP contribution is 2.10. The summed E-state index contributed by atoms with van der Waals surface area (Å²) in [6.07, 6.45) is 7.51. The average molecular weight is 216 g/mol. The summed E-state index contributed by atoms with van der Waals surface area (Å²) in [5, 5.41) is 0. The topological polar surface area (TPSA) is 56.7 Å². The molecule has 0 unspecified atom stereocenters. The van der Waals surface area contributed by atoms with E-state index in [0.717, 1.165) is 30.8 Å². The van der Waals surface area contributed by atoms with Gasteiger partial charge < -0.3 is 10.3 Å². The van der Waals surface area contributed by atoms with Gasteiger partial charge in [0.15, 0.2) is 0 Å². The summed E-state index contributed by atoms with van der Waals surface area (Å²) in [4.78, 5) is 8.34. The second-order valence-corrected chi connectivity index (χ2v) is 3.80. The molecule has 0 aliphatic heterocycles. The van der Waals surface area contributed by atoms with Gasteiger partial charge in [0, 0.05) is 31.6 Å². The minimum absolute atomic E-state index is 0.561. The van der Waals surface area contributed by atoms with Gasteiger partial charge in [-0.2, -0.15) is 0 Å². The molecular formula is C12H16N4. The van der Waals surface area contributed by atoms with Crippen LogP contribution < -0.4 is 5.73 Å². The van der Waals surface area contributed by atoms with Gasteiger partial charge in [-0.05, 0) is 24.1 Å². The van der Waals surface area contributed by atoms with Gasteiger partial charge in [-0.15, -0.1) is 0 Å². The van der Waals surface area contributed by atoms with Crippen LogP contribution in [0.4, 0.5) is 5.82 Å². The number of rotatable bonds is 4. The molecule has 0 saturated carbocycles. The van der Waals surface area contributed by atoms with Crippen molar-refractivity contribution in [2.24, 2.45) is 0 Å². The fourth-order valence-electron chi connectivity index (χ4n) is 1.74. The number of nitrogens with two attached hydrogens (primary N) is 1. The van der Waals surface area contributed by atoms with E-state index in [2.05, 4.69) is 21.5 Å². The minimum atomic E-state index is 0.561. The van der Waals surface area contributed by atoms with Crippen LogP contribution in [0.5, 0.6) is 0 Å². The molecule has 2 rings (SSSR count). The van der Waals surface area contributed by atoms with Gasteiger partial charge in [0.05, 0.1) is 0 Å². The molecule has 0 spiro atoms. The van der Waals surface area contributed by atoms with E-state index in [9.17, 15) is 0 Å². The largest absolute Gasteiger partial charge is 0.384 e. The Morgan fingerprint density at radius 3 is 2.94 bits per heavy atom. The molecule has 16 heavy (non-hydrogen) atoms. The zero-order chi connectivity index (χ0) is 11.4. The molecule has 2 aromatic rings. The molecule has 84 valence electrons. The zero-order valence-electron chi connectivity index (χ0n) is 9.43. The monoisotopic (exact) mass is 216 g/mol. The minimum Gasteiger partial charge on any atom is -0.384 e. The van der Waals surface area contributed by atoms with E-state index >= 15 is 0 Å². The second kappa shape index (κ2) is 4.79. The standard InChI is InChI=1S/C12H16N4/c1-2-6-16-7-5-15-12(16)9-10-3-4-14-11(13)8-10/h3-5,7-8H,2,6,9H2,1H3,(H2,13,14). The number of anilines is 1. The first-order valence-corrected chi connectivity index (χ1v) is 5.50. The number of nitrogen functional groups attached to an aromatic ring is 1. The number of hydrogen-bond donors (Lipinski definition) is 1. The van der Waals surface area contributed by atoms with Crippen molar-refractivity contribution in [3.8, 4) is 0 Å². The van der Waals surface area contributed by atoms with E-state index in [1.54, 1.807) is 6.20 Å². The Morgan fingerprint density at radius 2 is 2.19 bits per heavy atom. The molecule has 0 radical (unpaired) electrons. The third kappa shape index (κ3) is 2.39. The lowest BCUT2D eigenvalue weighted by Gasteiger charge is -2.06. The normalized spacial score (nSPS) is 10.6. The first-order chi connectivity index (χ1) is 7.79. The summed E-state index contributed by atoms with van der Waals surface area (Å²) < 4.78 is 2.18. The molecule has 4 heteroatoms. The maximum Gasteiger partial charge on any atom is 0.123 e. The van der Waals surface area contributed by atoms with E-state index in [1.807, 2.05) is 24.5 Å². The molecule has 0 aliphatic rings. The highest BCUT2D eigenvalue weighted by atomic mass is 15.1. The first kappa shape index (κ1) is 10.7. The summed E-state index contributed by atoms with van der Waals surface area (Å²) in [5.41, 5.74) is 6.80. The molecule has 4 nitrogen and oxygen atoms in total. The Bertz CT molecular complexity index is 462. The maximum absolute atomic E-state index is 5.65. The van der Waals surface area contributed by atoms with Gasteiger partial charge in [-0.1, -0.05) is 6.92 Å². The lowest BCUT2D eigenvalue weighted by atomic mass is 10.2. The Morgan fingerprint density at radius 1 is 1.31 bits per heavy atom. The lowest BCUT2D eigenvalue weighted by Crippen LogP contribution is -2.03. The summed E-state index contributed by atoms with van der Waals surface area (Å²) >= 11 is 0. The summed E-state index contributed by atoms with van der Waals surface area (Å²) in [6, 6.07) is 3.87. The van der Waals surface area contributed by atoms with Crippen LogP contribution >= 0.6 is 0 Å². The van der Waals surface area contributed by atoms with Crippen LogP contribution in [-0.4, -0.2) is 14.5 Å². The Hall–Kier alpha value is -1.84. The van der Waals surface area contributed by atoms with Gasteiger partial charge in [0.1, 0.15) is 11.6 Å². The number of aromatic nitrogens is 3. The van der Waals surface area contributed by atoms with Crippen LogP contribution in [0.25, 0.3) is 0 Å². The van der Waals surface area contributed by atoms with Gasteiger partial charge in [0.2, 0.25) is 0 Å². The average Bonchev–Trinajstić information content (AvgIpc) is 2.66. The van der Waals surface area contributed by atoms with Crippen LogP contribution in [0.3, 0.4) is 0 Å². The fourth-order valence-corrected chi connectivity index (χ4v) is 1.74. The van der Waals surface area contributed by atoms with Gasteiger partial charge >= 0.3 is 0 Å². The molecule has 0 saturated heterocycles. The van der Waals surface area contributed by atoms with Gasteiger partial charge in [0.25, 0.3) is 0 Å². The molecule has 0 atom stereocenters. The van der Waals surface area contributed by atoms with E-state index in [4.69, 9.17) is 5.73 Å². The molecule has 2 aromatic heterocycles. The molecule has 2 heterocycles. The summed E-state index contributed by atoms with van der Waals surface area (Å²) in [6.45, 7) is 3.17. The van der Waals surface area contributed by atoms with Crippen molar-refractivity contribution >= 4 is 5.82 Å². The number of nitrogens with zero attached hydrogens (tertiary/aromatic N) is 3. The van der Waals surface area contributed by atoms with E-state index in [-0.39, 0.29) is 0 Å². The van der Waals surface area contributed by atoms with Gasteiger partial charge in [-0.25, -0.2) is 9.97 Å². The van der Waals surface area contributed by atoms with Crippen molar-refractivity contribution in [2.75, 3.05) is 5.73 Å². The van der Waals surface area contributed by atoms with Crippen LogP contribution in [0.1, 0.15) is 24.7 Å². The highest BCUT2D eigenvalue weighted by molar-refractivity contribution is 5.33. The van der Waals surface area contributed by atoms with Gasteiger partial charge in [-0.3, -0.25) is 0 Å². The van der Waals surface area contributed by atoms with Crippen molar-refractivity contribution in [1.82, 2.24) is 14.5 Å². The van der Waals surface area contributed by atoms with Crippen molar-refractivity contribution in [3.63, 3.8) is 0 Å². The molecule has 0 aliphatic carbocycles. The lowest BCUT2D eigenvalue weighted by molar-refractivity contribution is 0.647. The molecular weight excluding hydrogens is 200 g/mol. The quantitative estimate of drug-likeness (QED) is 0.848. The molecule has 2 N–H and O–H groups in total. The first-order valence-electron chi connectivity index (χ1n) is 5.50. The van der Waals surface area contributed by atoms with Crippen LogP contribution in [0.2, 0.25) is 0 Å². The van der Waals surface area contributed by atoms with Crippen molar-refractivity contribution < 1.29 is 0 Å². The van der Waals surface area contributed by atoms with Crippen LogP contribution in [0, 0.1) is 0 Å². The predicted molar refractivity (Wildman–Crippen MR) is 64.0 cm³/mol. The third-order valence-electron chi connectivity index (χ3n) is 2.47. The Labute approximate surface area is 95.1 Å². The van der Waals surface area contributed by atoms with Crippen molar-refractivity contribution in [3.05, 3.63) is 42.1 Å². The maximum atomic E-state index is 5.65. The van der Waals surface area contributed by atoms with E-state index < -0.39 is 0 Å².